The molecule has 2 aliphatic heterocycles. The van der Waals surface area contributed by atoms with Gasteiger partial charge in [-0.3, -0.25) is 33.0 Å². The number of benzene rings is 2. The molecule has 12 heteroatoms. The van der Waals surface area contributed by atoms with E-state index in [1.165, 1.54) is 22.6 Å². The Morgan fingerprint density at radius 1 is 0.902 bits per heavy atom. The zero-order chi connectivity index (χ0) is 29.0. The normalized spacial score (nSPS) is 18.2. The van der Waals surface area contributed by atoms with Gasteiger partial charge in [0.15, 0.2) is 11.2 Å². The highest BCUT2D eigenvalue weighted by molar-refractivity contribution is 6.22. The van der Waals surface area contributed by atoms with E-state index in [4.69, 9.17) is 4.98 Å². The van der Waals surface area contributed by atoms with Crippen molar-refractivity contribution >= 4 is 34.6 Å². The Bertz CT molecular complexity index is 1820. The predicted octanol–water partition coefficient (Wildman–Crippen LogP) is 1.38. The molecular formula is C29H30FN7O4. The van der Waals surface area contributed by atoms with E-state index in [0.29, 0.717) is 43.4 Å². The molecule has 2 aliphatic rings. The number of nitrogens with zero attached hydrogens (tertiary/aromatic N) is 7. The molecule has 2 aromatic carbocycles. The maximum absolute atomic E-state index is 14.7. The zero-order valence-electron chi connectivity index (χ0n) is 23.1. The number of carbonyl (C=O) groups excluding carboxylic acids is 2. The lowest BCUT2D eigenvalue weighted by Gasteiger charge is -2.37. The largest absolute Gasteiger partial charge is 0.340 e. The number of amides is 2. The first kappa shape index (κ1) is 26.6. The van der Waals surface area contributed by atoms with E-state index < -0.39 is 23.1 Å². The first-order valence-electron chi connectivity index (χ1n) is 13.5. The second-order valence-electron chi connectivity index (χ2n) is 10.6. The summed E-state index contributed by atoms with van der Waals surface area (Å²) in [5.41, 5.74) is 1.26. The SMILES string of the molecule is Cc1ccccc1N1C(=O)CC(N2CCN(c3nc4c(c(=O)n(C)c(=O)n4C)n3Cc3ccccc3F)CC2)C1=O. The fourth-order valence-electron chi connectivity index (χ4n) is 5.83. The third kappa shape index (κ3) is 4.34. The molecule has 1 atom stereocenters. The van der Waals surface area contributed by atoms with Crippen molar-refractivity contribution in [2.75, 3.05) is 36.0 Å². The molecule has 212 valence electrons. The zero-order valence-corrected chi connectivity index (χ0v) is 23.1. The molecule has 0 saturated carbocycles. The average molecular weight is 560 g/mol. The molecule has 4 aromatic rings. The monoisotopic (exact) mass is 559 g/mol. The van der Waals surface area contributed by atoms with Gasteiger partial charge in [0.25, 0.3) is 11.5 Å². The summed E-state index contributed by atoms with van der Waals surface area (Å²) in [5, 5.41) is 0. The Balaban J connectivity index is 1.31. The van der Waals surface area contributed by atoms with Crippen LogP contribution in [0.2, 0.25) is 0 Å². The van der Waals surface area contributed by atoms with Crippen LogP contribution < -0.4 is 21.0 Å². The van der Waals surface area contributed by atoms with Crippen LogP contribution in [0.5, 0.6) is 0 Å². The van der Waals surface area contributed by atoms with Crippen molar-refractivity contribution in [3.63, 3.8) is 0 Å². The summed E-state index contributed by atoms with van der Waals surface area (Å²) in [6.07, 6.45) is 0.108. The number of imide groups is 1. The summed E-state index contributed by atoms with van der Waals surface area (Å²) in [4.78, 5) is 62.2. The van der Waals surface area contributed by atoms with E-state index in [2.05, 4.69) is 0 Å². The third-order valence-electron chi connectivity index (χ3n) is 8.13. The van der Waals surface area contributed by atoms with Crippen LogP contribution in [0.1, 0.15) is 17.5 Å². The van der Waals surface area contributed by atoms with E-state index in [-0.39, 0.29) is 35.9 Å². The van der Waals surface area contributed by atoms with Crippen molar-refractivity contribution in [2.45, 2.75) is 25.9 Å². The summed E-state index contributed by atoms with van der Waals surface area (Å²) in [6.45, 7) is 3.79. The Kier molecular flexibility index (Phi) is 6.57. The van der Waals surface area contributed by atoms with E-state index in [9.17, 15) is 23.6 Å². The molecule has 2 aromatic heterocycles. The molecule has 1 unspecified atom stereocenters. The number of aryl methyl sites for hydroxylation is 2. The van der Waals surface area contributed by atoms with Crippen LogP contribution in [0.3, 0.4) is 0 Å². The molecule has 2 fully saturated rings. The number of piperazine rings is 1. The van der Waals surface area contributed by atoms with Crippen molar-refractivity contribution in [1.82, 2.24) is 23.6 Å². The van der Waals surface area contributed by atoms with Gasteiger partial charge in [-0.05, 0) is 24.6 Å². The van der Waals surface area contributed by atoms with Crippen LogP contribution in [0.4, 0.5) is 16.0 Å². The second kappa shape index (κ2) is 10.1. The summed E-state index contributed by atoms with van der Waals surface area (Å²) in [6, 6.07) is 13.1. The summed E-state index contributed by atoms with van der Waals surface area (Å²) in [7, 11) is 2.96. The fourth-order valence-corrected chi connectivity index (χ4v) is 5.83. The molecule has 0 radical (unpaired) electrons. The van der Waals surface area contributed by atoms with Crippen molar-refractivity contribution in [3.8, 4) is 0 Å². The quantitative estimate of drug-likeness (QED) is 0.340. The molecule has 0 N–H and O–H groups in total. The highest BCUT2D eigenvalue weighted by atomic mass is 19.1. The number of rotatable bonds is 5. The van der Waals surface area contributed by atoms with Gasteiger partial charge in [-0.2, -0.15) is 4.98 Å². The molecule has 0 bridgehead atoms. The maximum Gasteiger partial charge on any atom is 0.332 e. The molecular weight excluding hydrogens is 529 g/mol. The Morgan fingerprint density at radius 2 is 1.59 bits per heavy atom. The molecule has 2 saturated heterocycles. The number of fused-ring (bicyclic) bond motifs is 1. The van der Waals surface area contributed by atoms with E-state index >= 15 is 0 Å². The van der Waals surface area contributed by atoms with Gasteiger partial charge in [0.2, 0.25) is 11.9 Å². The topological polar surface area (TPSA) is 106 Å². The minimum atomic E-state index is -0.561. The minimum absolute atomic E-state index is 0.0488. The predicted molar refractivity (Wildman–Crippen MR) is 152 cm³/mol. The van der Waals surface area contributed by atoms with Crippen LogP contribution in [-0.4, -0.2) is 67.6 Å². The second-order valence-corrected chi connectivity index (χ2v) is 10.6. The number of carbonyl (C=O) groups is 2. The van der Waals surface area contributed by atoms with Gasteiger partial charge in [0.1, 0.15) is 5.82 Å². The molecule has 2 amide bonds. The lowest BCUT2D eigenvalue weighted by Crippen LogP contribution is -2.53. The minimum Gasteiger partial charge on any atom is -0.340 e. The molecule has 6 rings (SSSR count). The first-order chi connectivity index (χ1) is 19.7. The molecule has 41 heavy (non-hydrogen) atoms. The first-order valence-corrected chi connectivity index (χ1v) is 13.5. The van der Waals surface area contributed by atoms with Crippen LogP contribution in [0, 0.1) is 12.7 Å². The number of hydrogen-bond donors (Lipinski definition) is 0. The molecule has 0 aliphatic carbocycles. The van der Waals surface area contributed by atoms with Crippen LogP contribution in [-0.2, 0) is 30.2 Å². The lowest BCUT2D eigenvalue weighted by molar-refractivity contribution is -0.123. The van der Waals surface area contributed by atoms with Gasteiger partial charge < -0.3 is 4.90 Å². The number of halogens is 1. The van der Waals surface area contributed by atoms with E-state index in [1.807, 2.05) is 34.9 Å². The summed E-state index contributed by atoms with van der Waals surface area (Å²) in [5.74, 6) is -0.422. The van der Waals surface area contributed by atoms with Crippen LogP contribution in [0.15, 0.2) is 58.1 Å². The Labute approximate surface area is 234 Å². The van der Waals surface area contributed by atoms with E-state index in [0.717, 1.165) is 10.1 Å². The number of anilines is 2. The van der Waals surface area contributed by atoms with Crippen molar-refractivity contribution in [3.05, 3.63) is 86.3 Å². The average Bonchev–Trinajstić information content (AvgIpc) is 3.49. The van der Waals surface area contributed by atoms with Gasteiger partial charge in [-0.15, -0.1) is 0 Å². The van der Waals surface area contributed by atoms with E-state index in [1.54, 1.807) is 35.9 Å². The molecule has 0 spiro atoms. The van der Waals surface area contributed by atoms with Gasteiger partial charge in [-0.25, -0.2) is 14.1 Å². The number of hydrogen-bond acceptors (Lipinski definition) is 7. The lowest BCUT2D eigenvalue weighted by atomic mass is 10.1. The Hall–Kier alpha value is -4.58. The maximum atomic E-state index is 14.7. The van der Waals surface area contributed by atoms with Gasteiger partial charge in [-0.1, -0.05) is 36.4 Å². The third-order valence-corrected chi connectivity index (χ3v) is 8.13. The summed E-state index contributed by atoms with van der Waals surface area (Å²) < 4.78 is 18.7. The van der Waals surface area contributed by atoms with Crippen LogP contribution >= 0.6 is 0 Å². The molecule has 4 heterocycles. The smallest absolute Gasteiger partial charge is 0.332 e. The number of para-hydroxylation sites is 1. The number of imidazole rings is 1. The van der Waals surface area contributed by atoms with Crippen LogP contribution in [0.25, 0.3) is 11.2 Å². The number of aromatic nitrogens is 4. The highest BCUT2D eigenvalue weighted by Crippen LogP contribution is 2.30. The van der Waals surface area contributed by atoms with Crippen molar-refractivity contribution in [1.29, 1.82) is 0 Å². The van der Waals surface area contributed by atoms with Gasteiger partial charge in [0.05, 0.1) is 24.7 Å². The standard InChI is InChI=1S/C29H30FN7O4/c1-18-8-4-7-11-21(18)37-23(38)16-22(26(37)39)34-12-14-35(15-13-34)28-31-25-24(27(40)33(3)29(41)32(25)2)36(28)17-19-9-5-6-10-20(19)30/h4-11,22H,12-17H2,1-3H3. The van der Waals surface area contributed by atoms with Gasteiger partial charge >= 0.3 is 5.69 Å². The van der Waals surface area contributed by atoms with Gasteiger partial charge in [0, 0.05) is 45.8 Å². The van der Waals surface area contributed by atoms with Crippen molar-refractivity contribution in [2.24, 2.45) is 14.1 Å². The highest BCUT2D eigenvalue weighted by Gasteiger charge is 2.44. The Morgan fingerprint density at radius 3 is 2.29 bits per heavy atom. The molecule has 11 nitrogen and oxygen atoms in total. The summed E-state index contributed by atoms with van der Waals surface area (Å²) >= 11 is 0. The van der Waals surface area contributed by atoms with Crippen molar-refractivity contribution < 1.29 is 14.0 Å². The fraction of sp³-hybridized carbons (Fsp3) is 0.345.